The zero-order valence-electron chi connectivity index (χ0n) is 15.6. The van der Waals surface area contributed by atoms with Crippen LogP contribution in [0, 0.1) is 13.8 Å². The molecule has 0 heterocycles. The second kappa shape index (κ2) is 9.61. The SMILES string of the molecule is CCCCC(=O)Nc1cccc(NC(=O)COc2cccc(C)c2C)c1. The van der Waals surface area contributed by atoms with E-state index in [1.165, 1.54) is 0 Å². The highest BCUT2D eigenvalue weighted by Gasteiger charge is 2.08. The van der Waals surface area contributed by atoms with Crippen molar-refractivity contribution in [3.63, 3.8) is 0 Å². The van der Waals surface area contributed by atoms with E-state index in [9.17, 15) is 9.59 Å². The number of hydrogen-bond donors (Lipinski definition) is 2. The van der Waals surface area contributed by atoms with Crippen molar-refractivity contribution < 1.29 is 14.3 Å². The molecule has 5 nitrogen and oxygen atoms in total. The Kier molecular flexibility index (Phi) is 7.21. The van der Waals surface area contributed by atoms with E-state index in [-0.39, 0.29) is 18.4 Å². The van der Waals surface area contributed by atoms with Crippen LogP contribution in [0.3, 0.4) is 0 Å². The van der Waals surface area contributed by atoms with E-state index >= 15 is 0 Å². The van der Waals surface area contributed by atoms with Gasteiger partial charge in [-0.05, 0) is 55.7 Å². The molecule has 2 N–H and O–H groups in total. The van der Waals surface area contributed by atoms with Gasteiger partial charge in [0, 0.05) is 17.8 Å². The Balaban J connectivity index is 1.89. The predicted molar refractivity (Wildman–Crippen MR) is 105 cm³/mol. The average Bonchev–Trinajstić information content (AvgIpc) is 2.61. The van der Waals surface area contributed by atoms with Gasteiger partial charge in [-0.2, -0.15) is 0 Å². The van der Waals surface area contributed by atoms with Gasteiger partial charge in [0.25, 0.3) is 5.91 Å². The van der Waals surface area contributed by atoms with Gasteiger partial charge in [-0.15, -0.1) is 0 Å². The monoisotopic (exact) mass is 354 g/mol. The van der Waals surface area contributed by atoms with Gasteiger partial charge in [-0.25, -0.2) is 0 Å². The van der Waals surface area contributed by atoms with Crippen molar-refractivity contribution >= 4 is 23.2 Å². The first-order chi connectivity index (χ1) is 12.5. The van der Waals surface area contributed by atoms with Crippen molar-refractivity contribution in [3.05, 3.63) is 53.6 Å². The maximum Gasteiger partial charge on any atom is 0.262 e. The summed E-state index contributed by atoms with van der Waals surface area (Å²) in [6, 6.07) is 12.9. The van der Waals surface area contributed by atoms with E-state index in [4.69, 9.17) is 4.74 Å². The summed E-state index contributed by atoms with van der Waals surface area (Å²) in [6.07, 6.45) is 2.33. The fraction of sp³-hybridized carbons (Fsp3) is 0.333. The second-order valence-electron chi connectivity index (χ2n) is 6.27. The Labute approximate surface area is 154 Å². The summed E-state index contributed by atoms with van der Waals surface area (Å²) in [4.78, 5) is 23.9. The molecule has 138 valence electrons. The summed E-state index contributed by atoms with van der Waals surface area (Å²) in [7, 11) is 0. The number of carbonyl (C=O) groups excluding carboxylic acids is 2. The molecule has 0 aromatic heterocycles. The molecule has 0 bridgehead atoms. The van der Waals surface area contributed by atoms with Crippen molar-refractivity contribution in [3.8, 4) is 5.75 Å². The Hall–Kier alpha value is -2.82. The minimum absolute atomic E-state index is 0.0198. The number of amides is 2. The molecule has 2 aromatic rings. The van der Waals surface area contributed by atoms with Gasteiger partial charge in [0.05, 0.1) is 0 Å². The number of rotatable bonds is 8. The summed E-state index contributed by atoms with van der Waals surface area (Å²) < 4.78 is 5.61. The van der Waals surface area contributed by atoms with E-state index in [1.807, 2.05) is 39.0 Å². The molecule has 0 radical (unpaired) electrons. The van der Waals surface area contributed by atoms with Gasteiger partial charge in [-0.3, -0.25) is 9.59 Å². The third kappa shape index (κ3) is 5.92. The summed E-state index contributed by atoms with van der Waals surface area (Å²) in [6.45, 7) is 5.94. The van der Waals surface area contributed by atoms with Crippen LogP contribution in [0.4, 0.5) is 11.4 Å². The van der Waals surface area contributed by atoms with Crippen LogP contribution in [0.15, 0.2) is 42.5 Å². The molecule has 0 aliphatic rings. The Morgan fingerprint density at radius 3 is 2.31 bits per heavy atom. The molecule has 0 atom stereocenters. The number of anilines is 2. The normalized spacial score (nSPS) is 10.3. The lowest BCUT2D eigenvalue weighted by molar-refractivity contribution is -0.118. The number of benzene rings is 2. The van der Waals surface area contributed by atoms with Gasteiger partial charge >= 0.3 is 0 Å². The summed E-state index contributed by atoms with van der Waals surface area (Å²) in [5, 5.41) is 5.63. The highest BCUT2D eigenvalue weighted by Crippen LogP contribution is 2.20. The summed E-state index contributed by atoms with van der Waals surface area (Å²) in [5.41, 5.74) is 3.43. The van der Waals surface area contributed by atoms with E-state index in [2.05, 4.69) is 10.6 Å². The molecule has 0 unspecified atom stereocenters. The molecule has 2 rings (SSSR count). The number of hydrogen-bond acceptors (Lipinski definition) is 3. The van der Waals surface area contributed by atoms with Crippen LogP contribution in [0.2, 0.25) is 0 Å². The van der Waals surface area contributed by atoms with Gasteiger partial charge in [0.2, 0.25) is 5.91 Å². The standard InChI is InChI=1S/C21H26N2O3/c1-4-5-12-20(24)22-17-9-7-10-18(13-17)23-21(25)14-26-19-11-6-8-15(2)16(19)3/h6-11,13H,4-5,12,14H2,1-3H3,(H,22,24)(H,23,25). The molecule has 2 amide bonds. The van der Waals surface area contributed by atoms with E-state index in [0.29, 0.717) is 23.5 Å². The van der Waals surface area contributed by atoms with Crippen LogP contribution < -0.4 is 15.4 Å². The quantitative estimate of drug-likeness (QED) is 0.736. The van der Waals surface area contributed by atoms with Crippen molar-refractivity contribution in [2.45, 2.75) is 40.0 Å². The van der Waals surface area contributed by atoms with Crippen molar-refractivity contribution in [2.24, 2.45) is 0 Å². The number of unbranched alkanes of at least 4 members (excludes halogenated alkanes) is 1. The van der Waals surface area contributed by atoms with Crippen molar-refractivity contribution in [1.29, 1.82) is 0 Å². The maximum absolute atomic E-state index is 12.1. The number of ether oxygens (including phenoxy) is 1. The summed E-state index contributed by atoms with van der Waals surface area (Å²) >= 11 is 0. The number of nitrogens with one attached hydrogen (secondary N) is 2. The smallest absolute Gasteiger partial charge is 0.262 e. The summed E-state index contributed by atoms with van der Waals surface area (Å²) in [5.74, 6) is 0.436. The molecule has 0 fully saturated rings. The minimum atomic E-state index is -0.250. The third-order valence-corrected chi connectivity index (χ3v) is 4.10. The van der Waals surface area contributed by atoms with Gasteiger partial charge in [0.1, 0.15) is 5.75 Å². The first-order valence-electron chi connectivity index (χ1n) is 8.88. The highest BCUT2D eigenvalue weighted by atomic mass is 16.5. The van der Waals surface area contributed by atoms with Gasteiger partial charge < -0.3 is 15.4 Å². The maximum atomic E-state index is 12.1. The van der Waals surface area contributed by atoms with Crippen LogP contribution in [-0.4, -0.2) is 18.4 Å². The lowest BCUT2D eigenvalue weighted by atomic mass is 10.1. The van der Waals surface area contributed by atoms with Crippen LogP contribution in [0.25, 0.3) is 0 Å². The Bertz CT molecular complexity index is 772. The topological polar surface area (TPSA) is 67.4 Å². The molecule has 26 heavy (non-hydrogen) atoms. The predicted octanol–water partition coefficient (Wildman–Crippen LogP) is 4.45. The molecule has 2 aromatic carbocycles. The Morgan fingerprint density at radius 2 is 1.62 bits per heavy atom. The van der Waals surface area contributed by atoms with Crippen LogP contribution in [0.1, 0.15) is 37.3 Å². The molecular formula is C21H26N2O3. The molecular weight excluding hydrogens is 328 g/mol. The lowest BCUT2D eigenvalue weighted by Gasteiger charge is -2.12. The number of aryl methyl sites for hydroxylation is 1. The third-order valence-electron chi connectivity index (χ3n) is 4.10. The van der Waals surface area contributed by atoms with Crippen LogP contribution >= 0.6 is 0 Å². The molecule has 0 saturated heterocycles. The van der Waals surface area contributed by atoms with E-state index in [0.717, 1.165) is 24.0 Å². The van der Waals surface area contributed by atoms with Crippen LogP contribution in [0.5, 0.6) is 5.75 Å². The minimum Gasteiger partial charge on any atom is -0.483 e. The molecule has 5 heteroatoms. The zero-order valence-corrected chi connectivity index (χ0v) is 15.6. The van der Waals surface area contributed by atoms with E-state index in [1.54, 1.807) is 24.3 Å². The molecule has 0 spiro atoms. The molecule has 0 aliphatic carbocycles. The number of carbonyl (C=O) groups is 2. The molecule has 0 aliphatic heterocycles. The first-order valence-corrected chi connectivity index (χ1v) is 8.88. The van der Waals surface area contributed by atoms with Crippen molar-refractivity contribution in [2.75, 3.05) is 17.2 Å². The van der Waals surface area contributed by atoms with Crippen molar-refractivity contribution in [1.82, 2.24) is 0 Å². The highest BCUT2D eigenvalue weighted by molar-refractivity contribution is 5.94. The van der Waals surface area contributed by atoms with Gasteiger partial charge in [0.15, 0.2) is 6.61 Å². The average molecular weight is 354 g/mol. The molecule has 0 saturated carbocycles. The Morgan fingerprint density at radius 1 is 0.962 bits per heavy atom. The second-order valence-corrected chi connectivity index (χ2v) is 6.27. The van der Waals surface area contributed by atoms with Gasteiger partial charge in [-0.1, -0.05) is 31.5 Å². The lowest BCUT2D eigenvalue weighted by Crippen LogP contribution is -2.20. The fourth-order valence-corrected chi connectivity index (χ4v) is 2.46. The fourth-order valence-electron chi connectivity index (χ4n) is 2.46. The first kappa shape index (κ1) is 19.5. The van der Waals surface area contributed by atoms with E-state index < -0.39 is 0 Å². The zero-order chi connectivity index (χ0) is 18.9. The largest absolute Gasteiger partial charge is 0.483 e. The van der Waals surface area contributed by atoms with Crippen LogP contribution in [-0.2, 0) is 9.59 Å².